The SMILES string of the molecule is CN1CCN(c2ccc(NC(=O)Cc3ccc4c(c3)CCO4)c(C(F)(F)F)c2)CC1. The number of alkyl halides is 3. The van der Waals surface area contributed by atoms with Crippen molar-refractivity contribution in [3.8, 4) is 5.75 Å². The molecule has 1 N–H and O–H groups in total. The minimum absolute atomic E-state index is 0.00475. The van der Waals surface area contributed by atoms with Crippen LogP contribution in [-0.2, 0) is 23.8 Å². The second-order valence-electron chi connectivity index (χ2n) is 7.78. The van der Waals surface area contributed by atoms with Gasteiger partial charge in [-0.3, -0.25) is 4.79 Å². The maximum atomic E-state index is 13.7. The van der Waals surface area contributed by atoms with Gasteiger partial charge in [0.15, 0.2) is 0 Å². The van der Waals surface area contributed by atoms with E-state index in [1.165, 1.54) is 6.07 Å². The quantitative estimate of drug-likeness (QED) is 0.823. The van der Waals surface area contributed by atoms with E-state index in [1.807, 2.05) is 18.0 Å². The molecule has 160 valence electrons. The lowest BCUT2D eigenvalue weighted by atomic mass is 10.1. The molecule has 0 saturated carbocycles. The van der Waals surface area contributed by atoms with Gasteiger partial charge in [-0.15, -0.1) is 0 Å². The molecule has 2 aromatic carbocycles. The van der Waals surface area contributed by atoms with Gasteiger partial charge < -0.3 is 19.9 Å². The van der Waals surface area contributed by atoms with Crippen molar-refractivity contribution in [3.63, 3.8) is 0 Å². The number of halogens is 3. The Labute approximate surface area is 173 Å². The van der Waals surface area contributed by atoms with E-state index in [-0.39, 0.29) is 12.1 Å². The highest BCUT2D eigenvalue weighted by Gasteiger charge is 2.35. The lowest BCUT2D eigenvalue weighted by Crippen LogP contribution is -2.44. The average Bonchev–Trinajstić information content (AvgIpc) is 3.16. The number of rotatable bonds is 4. The van der Waals surface area contributed by atoms with Gasteiger partial charge in [0.25, 0.3) is 0 Å². The summed E-state index contributed by atoms with van der Waals surface area (Å²) in [6.07, 6.45) is -3.78. The van der Waals surface area contributed by atoms with Gasteiger partial charge >= 0.3 is 6.18 Å². The molecule has 8 heteroatoms. The Balaban J connectivity index is 1.50. The monoisotopic (exact) mass is 419 g/mol. The predicted octanol–water partition coefficient (Wildman–Crippen LogP) is 3.57. The molecule has 0 unspecified atom stereocenters. The molecule has 1 amide bonds. The molecule has 0 aromatic heterocycles. The van der Waals surface area contributed by atoms with Crippen molar-refractivity contribution in [2.24, 2.45) is 0 Å². The van der Waals surface area contributed by atoms with Crippen LogP contribution in [0.3, 0.4) is 0 Å². The van der Waals surface area contributed by atoms with E-state index < -0.39 is 17.6 Å². The fourth-order valence-electron chi connectivity index (χ4n) is 3.87. The summed E-state index contributed by atoms with van der Waals surface area (Å²) in [6.45, 7) is 3.54. The van der Waals surface area contributed by atoms with Crippen LogP contribution in [0.2, 0.25) is 0 Å². The van der Waals surface area contributed by atoms with Crippen LogP contribution in [0.25, 0.3) is 0 Å². The number of ether oxygens (including phenoxy) is 1. The second-order valence-corrected chi connectivity index (χ2v) is 7.78. The molecule has 0 radical (unpaired) electrons. The van der Waals surface area contributed by atoms with Gasteiger partial charge in [-0.1, -0.05) is 12.1 Å². The first-order valence-corrected chi connectivity index (χ1v) is 9.99. The number of benzene rings is 2. The van der Waals surface area contributed by atoms with Gasteiger partial charge in [0.05, 0.1) is 24.3 Å². The zero-order valence-electron chi connectivity index (χ0n) is 16.8. The molecule has 4 rings (SSSR count). The van der Waals surface area contributed by atoms with E-state index in [0.29, 0.717) is 25.4 Å². The smallest absolute Gasteiger partial charge is 0.418 e. The van der Waals surface area contributed by atoms with Crippen LogP contribution in [0.4, 0.5) is 24.5 Å². The molecule has 2 aliphatic heterocycles. The summed E-state index contributed by atoms with van der Waals surface area (Å²) in [5, 5.41) is 2.45. The number of hydrogen-bond acceptors (Lipinski definition) is 4. The number of anilines is 2. The van der Waals surface area contributed by atoms with Crippen LogP contribution in [0.15, 0.2) is 36.4 Å². The molecule has 0 atom stereocenters. The van der Waals surface area contributed by atoms with E-state index in [4.69, 9.17) is 4.74 Å². The number of fused-ring (bicyclic) bond motifs is 1. The van der Waals surface area contributed by atoms with Crippen molar-refractivity contribution in [2.45, 2.75) is 19.0 Å². The van der Waals surface area contributed by atoms with Gasteiger partial charge in [0.1, 0.15) is 5.75 Å². The third kappa shape index (κ3) is 4.53. The summed E-state index contributed by atoms with van der Waals surface area (Å²) in [5.74, 6) is 0.324. The number of piperazine rings is 1. The van der Waals surface area contributed by atoms with Crippen molar-refractivity contribution >= 4 is 17.3 Å². The standard InChI is InChI=1S/C22H24F3N3O2/c1-27-7-9-28(10-8-27)17-3-4-19(18(14-17)22(23,24)25)26-21(29)13-15-2-5-20-16(12-15)6-11-30-20/h2-5,12,14H,6-11,13H2,1H3,(H,26,29). The highest BCUT2D eigenvalue weighted by molar-refractivity contribution is 5.93. The third-order valence-corrected chi connectivity index (χ3v) is 5.57. The minimum Gasteiger partial charge on any atom is -0.493 e. The molecule has 1 fully saturated rings. The molecular formula is C22H24F3N3O2. The largest absolute Gasteiger partial charge is 0.493 e. The van der Waals surface area contributed by atoms with E-state index in [1.54, 1.807) is 18.2 Å². The zero-order chi connectivity index (χ0) is 21.3. The molecule has 1 saturated heterocycles. The first-order valence-electron chi connectivity index (χ1n) is 9.99. The van der Waals surface area contributed by atoms with E-state index in [0.717, 1.165) is 42.5 Å². The summed E-state index contributed by atoms with van der Waals surface area (Å²) >= 11 is 0. The lowest BCUT2D eigenvalue weighted by Gasteiger charge is -2.34. The van der Waals surface area contributed by atoms with Gasteiger partial charge in [0.2, 0.25) is 5.91 Å². The molecule has 2 aromatic rings. The Morgan fingerprint density at radius 3 is 2.60 bits per heavy atom. The molecule has 0 spiro atoms. The van der Waals surface area contributed by atoms with Crippen molar-refractivity contribution in [2.75, 3.05) is 50.1 Å². The van der Waals surface area contributed by atoms with Crippen LogP contribution in [-0.4, -0.2) is 50.6 Å². The number of hydrogen-bond donors (Lipinski definition) is 1. The molecule has 0 aliphatic carbocycles. The Kier molecular flexibility index (Phi) is 5.60. The first-order chi connectivity index (χ1) is 14.3. The van der Waals surface area contributed by atoms with Crippen LogP contribution in [0.1, 0.15) is 16.7 Å². The average molecular weight is 419 g/mol. The fourth-order valence-corrected chi connectivity index (χ4v) is 3.87. The summed E-state index contributed by atoms with van der Waals surface area (Å²) in [7, 11) is 1.99. The van der Waals surface area contributed by atoms with Crippen LogP contribution in [0.5, 0.6) is 5.75 Å². The molecular weight excluding hydrogens is 395 g/mol. The van der Waals surface area contributed by atoms with Gasteiger partial charge in [-0.2, -0.15) is 13.2 Å². The summed E-state index contributed by atoms with van der Waals surface area (Å²) in [4.78, 5) is 16.5. The maximum absolute atomic E-state index is 13.7. The second kappa shape index (κ2) is 8.18. The first kappa shape index (κ1) is 20.5. The van der Waals surface area contributed by atoms with Gasteiger partial charge in [-0.05, 0) is 42.4 Å². The highest BCUT2D eigenvalue weighted by atomic mass is 19.4. The van der Waals surface area contributed by atoms with Crippen LogP contribution >= 0.6 is 0 Å². The Bertz CT molecular complexity index is 938. The Hall–Kier alpha value is -2.74. The van der Waals surface area contributed by atoms with Crippen molar-refractivity contribution in [1.29, 1.82) is 0 Å². The predicted molar refractivity (Wildman–Crippen MR) is 109 cm³/mol. The zero-order valence-corrected chi connectivity index (χ0v) is 16.8. The normalized spacial score (nSPS) is 16.9. The fraction of sp³-hybridized carbons (Fsp3) is 0.409. The van der Waals surface area contributed by atoms with Crippen LogP contribution in [0, 0.1) is 0 Å². The number of amides is 1. The highest BCUT2D eigenvalue weighted by Crippen LogP contribution is 2.37. The number of carbonyl (C=O) groups excluding carboxylic acids is 1. The van der Waals surface area contributed by atoms with Gasteiger partial charge in [-0.25, -0.2) is 0 Å². The van der Waals surface area contributed by atoms with Crippen LogP contribution < -0.4 is 15.0 Å². The summed E-state index contributed by atoms with van der Waals surface area (Å²) in [6, 6.07) is 9.58. The lowest BCUT2D eigenvalue weighted by molar-refractivity contribution is -0.136. The van der Waals surface area contributed by atoms with E-state index in [2.05, 4.69) is 10.2 Å². The minimum atomic E-state index is -4.56. The van der Waals surface area contributed by atoms with Crippen molar-refractivity contribution in [1.82, 2.24) is 4.90 Å². The maximum Gasteiger partial charge on any atom is 0.418 e. The number of nitrogens with one attached hydrogen (secondary N) is 1. The Morgan fingerprint density at radius 2 is 1.87 bits per heavy atom. The van der Waals surface area contributed by atoms with Crippen molar-refractivity contribution < 1.29 is 22.7 Å². The molecule has 2 heterocycles. The molecule has 5 nitrogen and oxygen atoms in total. The topological polar surface area (TPSA) is 44.8 Å². The van der Waals surface area contributed by atoms with E-state index in [9.17, 15) is 18.0 Å². The van der Waals surface area contributed by atoms with Crippen molar-refractivity contribution in [3.05, 3.63) is 53.1 Å². The molecule has 0 bridgehead atoms. The summed E-state index contributed by atoms with van der Waals surface area (Å²) < 4.78 is 46.5. The number of carbonyl (C=O) groups is 1. The van der Waals surface area contributed by atoms with Gasteiger partial charge in [0, 0.05) is 38.3 Å². The summed E-state index contributed by atoms with van der Waals surface area (Å²) in [5.41, 5.74) is 1.25. The third-order valence-electron chi connectivity index (χ3n) is 5.57. The molecule has 2 aliphatic rings. The molecule has 30 heavy (non-hydrogen) atoms. The Morgan fingerprint density at radius 1 is 1.10 bits per heavy atom. The number of nitrogens with zero attached hydrogens (tertiary/aromatic N) is 2. The van der Waals surface area contributed by atoms with E-state index >= 15 is 0 Å². The number of likely N-dealkylation sites (N-methyl/N-ethyl adjacent to an activating group) is 1.